The first-order chi connectivity index (χ1) is 10.7. The predicted octanol–water partition coefficient (Wildman–Crippen LogP) is 2.48. The number of nitrogens with zero attached hydrogens (tertiary/aromatic N) is 3. The zero-order chi connectivity index (χ0) is 15.5. The van der Waals surface area contributed by atoms with E-state index in [4.69, 9.17) is 0 Å². The standard InChI is InChI=1S/C17H17N3O2/c1-2-19-14(12-13-8-4-3-5-9-13)16(21)20(17(19)22)15-10-6-7-11-18-15/h3-11,14H,2,12H2,1H3/t14-/m0/s1. The number of amides is 3. The number of benzene rings is 1. The van der Waals surface area contributed by atoms with Crippen molar-refractivity contribution in [3.63, 3.8) is 0 Å². The molecule has 112 valence electrons. The van der Waals surface area contributed by atoms with Gasteiger partial charge in [0.1, 0.15) is 11.9 Å². The minimum atomic E-state index is -0.470. The van der Waals surface area contributed by atoms with Gasteiger partial charge in [-0.3, -0.25) is 4.79 Å². The molecule has 2 aromatic rings. The molecule has 1 aliphatic heterocycles. The summed E-state index contributed by atoms with van der Waals surface area (Å²) in [5, 5.41) is 0. The lowest BCUT2D eigenvalue weighted by molar-refractivity contribution is -0.119. The van der Waals surface area contributed by atoms with Crippen molar-refractivity contribution in [3.8, 4) is 0 Å². The lowest BCUT2D eigenvalue weighted by atomic mass is 10.1. The van der Waals surface area contributed by atoms with Crippen molar-refractivity contribution >= 4 is 17.8 Å². The second kappa shape index (κ2) is 5.97. The van der Waals surface area contributed by atoms with Crippen LogP contribution in [0.3, 0.4) is 0 Å². The first-order valence-corrected chi connectivity index (χ1v) is 7.32. The van der Waals surface area contributed by atoms with Crippen LogP contribution in [0, 0.1) is 0 Å². The number of carbonyl (C=O) groups is 2. The number of rotatable bonds is 4. The molecular weight excluding hydrogens is 278 g/mol. The monoisotopic (exact) mass is 295 g/mol. The Morgan fingerprint density at radius 2 is 1.77 bits per heavy atom. The van der Waals surface area contributed by atoms with Gasteiger partial charge in [-0.25, -0.2) is 14.7 Å². The minimum Gasteiger partial charge on any atom is -0.312 e. The molecule has 0 radical (unpaired) electrons. The van der Waals surface area contributed by atoms with Gasteiger partial charge in [0.15, 0.2) is 0 Å². The summed E-state index contributed by atoms with van der Waals surface area (Å²) in [5.41, 5.74) is 1.04. The van der Waals surface area contributed by atoms with Crippen LogP contribution >= 0.6 is 0 Å². The largest absolute Gasteiger partial charge is 0.333 e. The summed E-state index contributed by atoms with van der Waals surface area (Å²) in [4.78, 5) is 32.2. The van der Waals surface area contributed by atoms with E-state index in [1.54, 1.807) is 29.3 Å². The number of imide groups is 1. The number of carbonyl (C=O) groups excluding carboxylic acids is 2. The Bertz CT molecular complexity index is 673. The molecule has 0 spiro atoms. The SMILES string of the molecule is CCN1C(=O)N(c2ccccn2)C(=O)[C@@H]1Cc1ccccc1. The molecule has 0 bridgehead atoms. The number of anilines is 1. The highest BCUT2D eigenvalue weighted by molar-refractivity contribution is 6.20. The lowest BCUT2D eigenvalue weighted by Crippen LogP contribution is -2.36. The van der Waals surface area contributed by atoms with Crippen molar-refractivity contribution in [2.45, 2.75) is 19.4 Å². The summed E-state index contributed by atoms with van der Waals surface area (Å²) in [5.74, 6) is 0.168. The maximum atomic E-state index is 12.7. The summed E-state index contributed by atoms with van der Waals surface area (Å²) in [6.07, 6.45) is 2.10. The smallest absolute Gasteiger partial charge is 0.312 e. The third kappa shape index (κ3) is 2.45. The number of aromatic nitrogens is 1. The van der Waals surface area contributed by atoms with Crippen LogP contribution in [-0.4, -0.2) is 34.4 Å². The Morgan fingerprint density at radius 1 is 1.05 bits per heavy atom. The molecule has 1 aromatic carbocycles. The van der Waals surface area contributed by atoms with Crippen LogP contribution in [0.25, 0.3) is 0 Å². The number of urea groups is 1. The summed E-state index contributed by atoms with van der Waals surface area (Å²) in [6, 6.07) is 14.2. The van der Waals surface area contributed by atoms with E-state index < -0.39 is 6.04 Å². The van der Waals surface area contributed by atoms with E-state index in [0.717, 1.165) is 5.56 Å². The van der Waals surface area contributed by atoms with Crippen molar-refractivity contribution in [2.24, 2.45) is 0 Å². The first-order valence-electron chi connectivity index (χ1n) is 7.32. The van der Waals surface area contributed by atoms with Crippen LogP contribution in [0.4, 0.5) is 10.6 Å². The molecule has 1 aliphatic rings. The van der Waals surface area contributed by atoms with Crippen molar-refractivity contribution in [2.75, 3.05) is 11.4 Å². The van der Waals surface area contributed by atoms with Crippen molar-refractivity contribution < 1.29 is 9.59 Å². The number of likely N-dealkylation sites (N-methyl/N-ethyl adjacent to an activating group) is 1. The average Bonchev–Trinajstić information content (AvgIpc) is 2.79. The summed E-state index contributed by atoms with van der Waals surface area (Å²) < 4.78 is 0. The number of hydrogen-bond acceptors (Lipinski definition) is 3. The maximum Gasteiger partial charge on any atom is 0.333 e. The molecular formula is C17H17N3O2. The van der Waals surface area contributed by atoms with E-state index in [-0.39, 0.29) is 11.9 Å². The highest BCUT2D eigenvalue weighted by atomic mass is 16.2. The number of pyridine rings is 1. The molecule has 1 saturated heterocycles. The van der Waals surface area contributed by atoms with Gasteiger partial charge in [0.25, 0.3) is 5.91 Å². The average molecular weight is 295 g/mol. The van der Waals surface area contributed by atoms with E-state index >= 15 is 0 Å². The van der Waals surface area contributed by atoms with Crippen LogP contribution in [0.2, 0.25) is 0 Å². The molecule has 0 aliphatic carbocycles. The molecule has 2 heterocycles. The molecule has 0 N–H and O–H groups in total. The first kappa shape index (κ1) is 14.3. The summed E-state index contributed by atoms with van der Waals surface area (Å²) >= 11 is 0. The van der Waals surface area contributed by atoms with Crippen LogP contribution in [0.15, 0.2) is 54.7 Å². The molecule has 5 heteroatoms. The normalized spacial score (nSPS) is 18.1. The van der Waals surface area contributed by atoms with E-state index in [1.807, 2.05) is 37.3 Å². The van der Waals surface area contributed by atoms with Crippen LogP contribution in [0.5, 0.6) is 0 Å². The molecule has 1 atom stereocenters. The third-order valence-electron chi connectivity index (χ3n) is 3.81. The van der Waals surface area contributed by atoms with Gasteiger partial charge in [-0.2, -0.15) is 0 Å². The fourth-order valence-corrected chi connectivity index (χ4v) is 2.73. The Hall–Kier alpha value is -2.69. The second-order valence-electron chi connectivity index (χ2n) is 5.14. The Morgan fingerprint density at radius 3 is 2.41 bits per heavy atom. The van der Waals surface area contributed by atoms with Crippen molar-refractivity contribution in [1.29, 1.82) is 0 Å². The van der Waals surface area contributed by atoms with Crippen LogP contribution < -0.4 is 4.90 Å². The van der Waals surface area contributed by atoms with Gasteiger partial charge in [0.2, 0.25) is 0 Å². The van der Waals surface area contributed by atoms with Crippen molar-refractivity contribution in [1.82, 2.24) is 9.88 Å². The molecule has 3 amide bonds. The Labute approximate surface area is 129 Å². The van der Waals surface area contributed by atoms with Crippen LogP contribution in [-0.2, 0) is 11.2 Å². The van der Waals surface area contributed by atoms with Gasteiger partial charge in [0, 0.05) is 19.2 Å². The quantitative estimate of drug-likeness (QED) is 0.814. The molecule has 5 nitrogen and oxygen atoms in total. The second-order valence-corrected chi connectivity index (χ2v) is 5.14. The van der Waals surface area contributed by atoms with Gasteiger partial charge >= 0.3 is 6.03 Å². The third-order valence-corrected chi connectivity index (χ3v) is 3.81. The van der Waals surface area contributed by atoms with E-state index in [2.05, 4.69) is 4.98 Å². The zero-order valence-electron chi connectivity index (χ0n) is 12.3. The highest BCUT2D eigenvalue weighted by Crippen LogP contribution is 2.25. The van der Waals surface area contributed by atoms with E-state index in [1.165, 1.54) is 4.90 Å². The minimum absolute atomic E-state index is 0.214. The van der Waals surface area contributed by atoms with Crippen molar-refractivity contribution in [3.05, 3.63) is 60.3 Å². The highest BCUT2D eigenvalue weighted by Gasteiger charge is 2.45. The molecule has 0 unspecified atom stereocenters. The topological polar surface area (TPSA) is 53.5 Å². The zero-order valence-corrected chi connectivity index (χ0v) is 12.3. The lowest BCUT2D eigenvalue weighted by Gasteiger charge is -2.19. The summed E-state index contributed by atoms with van der Waals surface area (Å²) in [7, 11) is 0. The van der Waals surface area contributed by atoms with Gasteiger partial charge in [-0.1, -0.05) is 36.4 Å². The predicted molar refractivity (Wildman–Crippen MR) is 83.4 cm³/mol. The Balaban J connectivity index is 1.91. The van der Waals surface area contributed by atoms with Gasteiger partial charge in [-0.05, 0) is 24.6 Å². The van der Waals surface area contributed by atoms with Gasteiger partial charge < -0.3 is 4.90 Å². The molecule has 0 saturated carbocycles. The maximum absolute atomic E-state index is 12.7. The molecule has 22 heavy (non-hydrogen) atoms. The van der Waals surface area contributed by atoms with Gasteiger partial charge in [-0.15, -0.1) is 0 Å². The summed E-state index contributed by atoms with van der Waals surface area (Å²) in [6.45, 7) is 2.37. The van der Waals surface area contributed by atoms with E-state index in [0.29, 0.717) is 18.8 Å². The fourth-order valence-electron chi connectivity index (χ4n) is 2.73. The fraction of sp³-hybridized carbons (Fsp3) is 0.235. The Kier molecular flexibility index (Phi) is 3.87. The van der Waals surface area contributed by atoms with E-state index in [9.17, 15) is 9.59 Å². The molecule has 3 rings (SSSR count). The molecule has 1 fully saturated rings. The molecule has 1 aromatic heterocycles. The number of hydrogen-bond donors (Lipinski definition) is 0. The van der Waals surface area contributed by atoms with Gasteiger partial charge in [0.05, 0.1) is 0 Å². The van der Waals surface area contributed by atoms with Crippen LogP contribution in [0.1, 0.15) is 12.5 Å².